The van der Waals surface area contributed by atoms with E-state index in [0.717, 1.165) is 17.6 Å². The first kappa shape index (κ1) is 15.3. The molecule has 130 valence electrons. The highest BCUT2D eigenvalue weighted by molar-refractivity contribution is 7.17. The molecule has 0 fully saturated rings. The molecule has 0 bridgehead atoms. The topological polar surface area (TPSA) is 71.0 Å². The fourth-order valence-electron chi connectivity index (χ4n) is 3.64. The lowest BCUT2D eigenvalue weighted by Crippen LogP contribution is -2.39. The second-order valence-electron chi connectivity index (χ2n) is 6.51. The number of aromatic nitrogens is 3. The van der Waals surface area contributed by atoms with E-state index in [1.54, 1.807) is 0 Å². The Morgan fingerprint density at radius 1 is 1.27 bits per heavy atom. The molecule has 7 heteroatoms. The normalized spacial score (nSPS) is 14.1. The lowest BCUT2D eigenvalue weighted by Gasteiger charge is -2.27. The van der Waals surface area contributed by atoms with Gasteiger partial charge in [-0.15, -0.1) is 11.3 Å². The largest absolute Gasteiger partial charge is 0.357 e. The number of hydrogen-bond acceptors (Lipinski definition) is 4. The molecule has 1 aliphatic heterocycles. The number of para-hydroxylation sites is 1. The van der Waals surface area contributed by atoms with Crippen molar-refractivity contribution in [2.24, 2.45) is 0 Å². The van der Waals surface area contributed by atoms with Crippen LogP contribution in [0.3, 0.4) is 0 Å². The third kappa shape index (κ3) is 2.35. The third-order valence-electron chi connectivity index (χ3n) is 4.98. The highest BCUT2D eigenvalue weighted by Crippen LogP contribution is 2.27. The second-order valence-corrected chi connectivity index (χ2v) is 7.42. The molecule has 0 saturated carbocycles. The van der Waals surface area contributed by atoms with Gasteiger partial charge in [0.1, 0.15) is 11.2 Å². The Balaban J connectivity index is 1.41. The zero-order valence-corrected chi connectivity index (χ0v) is 14.8. The van der Waals surface area contributed by atoms with E-state index in [1.807, 2.05) is 28.5 Å². The van der Waals surface area contributed by atoms with Crippen LogP contribution in [0.25, 0.3) is 21.1 Å². The predicted molar refractivity (Wildman–Crippen MR) is 101 cm³/mol. The van der Waals surface area contributed by atoms with Crippen molar-refractivity contribution in [3.05, 3.63) is 63.7 Å². The first-order chi connectivity index (χ1) is 12.7. The fraction of sp³-hybridized carbons (Fsp3) is 0.211. The van der Waals surface area contributed by atoms with Crippen LogP contribution in [0.1, 0.15) is 11.3 Å². The highest BCUT2D eigenvalue weighted by atomic mass is 32.1. The Hall–Kier alpha value is -2.93. The summed E-state index contributed by atoms with van der Waals surface area (Å²) in [5.74, 6) is -0.0610. The standard InChI is InChI=1S/C19H16N4O2S/c24-17(10-23-11-20-15-6-8-26-18(15)19(23)25)22-7-5-13-12-3-1-2-4-14(12)21-16(13)9-22/h1-4,6,8,11,21H,5,7,9-10H2. The first-order valence-electron chi connectivity index (χ1n) is 8.49. The number of thiophene rings is 1. The van der Waals surface area contributed by atoms with E-state index in [4.69, 9.17) is 0 Å². The van der Waals surface area contributed by atoms with Crippen LogP contribution in [0.4, 0.5) is 0 Å². The average molecular weight is 364 g/mol. The summed E-state index contributed by atoms with van der Waals surface area (Å²) >= 11 is 1.36. The van der Waals surface area contributed by atoms with Crippen LogP contribution < -0.4 is 5.56 Å². The molecule has 0 radical (unpaired) electrons. The number of carbonyl (C=O) groups excluding carboxylic acids is 1. The summed E-state index contributed by atoms with van der Waals surface area (Å²) in [7, 11) is 0. The zero-order chi connectivity index (χ0) is 17.7. The van der Waals surface area contributed by atoms with Gasteiger partial charge in [0.2, 0.25) is 5.91 Å². The second kappa shape index (κ2) is 5.81. The lowest BCUT2D eigenvalue weighted by atomic mass is 10.0. The van der Waals surface area contributed by atoms with E-state index < -0.39 is 0 Å². The van der Waals surface area contributed by atoms with Crippen molar-refractivity contribution in [2.75, 3.05) is 6.54 Å². The van der Waals surface area contributed by atoms with Gasteiger partial charge >= 0.3 is 0 Å². The Morgan fingerprint density at radius 2 is 2.15 bits per heavy atom. The molecule has 5 rings (SSSR count). The number of H-pyrrole nitrogens is 1. The number of carbonyl (C=O) groups is 1. The summed E-state index contributed by atoms with van der Waals surface area (Å²) in [4.78, 5) is 34.7. The number of nitrogens with zero attached hydrogens (tertiary/aromatic N) is 3. The molecule has 6 nitrogen and oxygen atoms in total. The van der Waals surface area contributed by atoms with Gasteiger partial charge in [-0.25, -0.2) is 4.98 Å². The summed E-state index contributed by atoms with van der Waals surface area (Å²) in [5, 5.41) is 3.07. The van der Waals surface area contributed by atoms with Gasteiger partial charge in [0.05, 0.1) is 18.4 Å². The van der Waals surface area contributed by atoms with Gasteiger partial charge in [-0.2, -0.15) is 0 Å². The minimum absolute atomic E-state index is 0.0231. The van der Waals surface area contributed by atoms with E-state index in [9.17, 15) is 9.59 Å². The molecule has 0 atom stereocenters. The zero-order valence-electron chi connectivity index (χ0n) is 13.9. The number of hydrogen-bond donors (Lipinski definition) is 1. The Kier molecular flexibility index (Phi) is 3.43. The number of amides is 1. The average Bonchev–Trinajstić information content (AvgIpc) is 3.28. The van der Waals surface area contributed by atoms with Crippen LogP contribution in [-0.2, 0) is 24.3 Å². The molecule has 0 spiro atoms. The summed E-state index contributed by atoms with van der Waals surface area (Å²) in [6.45, 7) is 1.23. The summed E-state index contributed by atoms with van der Waals surface area (Å²) < 4.78 is 2.00. The van der Waals surface area contributed by atoms with Crippen molar-refractivity contribution in [1.82, 2.24) is 19.4 Å². The highest BCUT2D eigenvalue weighted by Gasteiger charge is 2.24. The molecule has 0 saturated heterocycles. The van der Waals surface area contributed by atoms with Gasteiger partial charge in [-0.1, -0.05) is 18.2 Å². The van der Waals surface area contributed by atoms with E-state index in [1.165, 1.54) is 33.2 Å². The monoisotopic (exact) mass is 364 g/mol. The number of aromatic amines is 1. The molecule has 1 aromatic carbocycles. The molecule has 0 unspecified atom stereocenters. The molecular weight excluding hydrogens is 348 g/mol. The molecule has 0 aliphatic carbocycles. The molecule has 1 aliphatic rings. The minimum Gasteiger partial charge on any atom is -0.357 e. The maximum atomic E-state index is 12.7. The number of benzene rings is 1. The van der Waals surface area contributed by atoms with Gasteiger partial charge in [-0.3, -0.25) is 14.2 Å². The molecular formula is C19H16N4O2S. The maximum Gasteiger partial charge on any atom is 0.271 e. The fourth-order valence-corrected chi connectivity index (χ4v) is 4.44. The Labute approximate surface area is 152 Å². The lowest BCUT2D eigenvalue weighted by molar-refractivity contribution is -0.132. The quantitative estimate of drug-likeness (QED) is 0.594. The van der Waals surface area contributed by atoms with Gasteiger partial charge in [0.25, 0.3) is 5.56 Å². The van der Waals surface area contributed by atoms with Crippen molar-refractivity contribution >= 4 is 38.4 Å². The van der Waals surface area contributed by atoms with E-state index in [-0.39, 0.29) is 18.0 Å². The Morgan fingerprint density at radius 3 is 3.08 bits per heavy atom. The summed E-state index contributed by atoms with van der Waals surface area (Å²) in [5.41, 5.74) is 4.02. The molecule has 26 heavy (non-hydrogen) atoms. The predicted octanol–water partition coefficient (Wildman–Crippen LogP) is 2.52. The Bertz CT molecular complexity index is 1200. The molecule has 1 amide bonds. The van der Waals surface area contributed by atoms with E-state index in [2.05, 4.69) is 22.1 Å². The van der Waals surface area contributed by atoms with Gasteiger partial charge in [0, 0.05) is 23.1 Å². The minimum atomic E-state index is -0.151. The van der Waals surface area contributed by atoms with Crippen molar-refractivity contribution in [2.45, 2.75) is 19.5 Å². The summed E-state index contributed by atoms with van der Waals surface area (Å²) in [6, 6.07) is 10.0. The van der Waals surface area contributed by atoms with E-state index >= 15 is 0 Å². The molecule has 4 aromatic rings. The van der Waals surface area contributed by atoms with Crippen LogP contribution >= 0.6 is 11.3 Å². The van der Waals surface area contributed by atoms with Crippen LogP contribution in [0, 0.1) is 0 Å². The first-order valence-corrected chi connectivity index (χ1v) is 9.37. The van der Waals surface area contributed by atoms with Crippen LogP contribution in [-0.4, -0.2) is 31.9 Å². The SMILES string of the molecule is O=C(Cn1cnc2ccsc2c1=O)N1CCc2c([nH]c3ccccc23)C1. The maximum absolute atomic E-state index is 12.7. The van der Waals surface area contributed by atoms with Gasteiger partial charge in [0.15, 0.2) is 0 Å². The number of nitrogens with one attached hydrogen (secondary N) is 1. The number of rotatable bonds is 2. The number of fused-ring (bicyclic) bond motifs is 4. The van der Waals surface area contributed by atoms with Gasteiger partial charge < -0.3 is 9.88 Å². The van der Waals surface area contributed by atoms with Crippen molar-refractivity contribution in [3.8, 4) is 0 Å². The third-order valence-corrected chi connectivity index (χ3v) is 5.87. The van der Waals surface area contributed by atoms with Crippen molar-refractivity contribution < 1.29 is 4.79 Å². The van der Waals surface area contributed by atoms with Crippen molar-refractivity contribution in [3.63, 3.8) is 0 Å². The van der Waals surface area contributed by atoms with Crippen LogP contribution in [0.2, 0.25) is 0 Å². The summed E-state index contributed by atoms with van der Waals surface area (Å²) in [6.07, 6.45) is 2.29. The molecule has 3 aromatic heterocycles. The van der Waals surface area contributed by atoms with Gasteiger partial charge in [-0.05, 0) is 29.5 Å². The molecule has 1 N–H and O–H groups in total. The van der Waals surface area contributed by atoms with E-state index in [0.29, 0.717) is 23.3 Å². The van der Waals surface area contributed by atoms with Crippen LogP contribution in [0.15, 0.2) is 46.8 Å². The smallest absolute Gasteiger partial charge is 0.271 e. The van der Waals surface area contributed by atoms with Crippen LogP contribution in [0.5, 0.6) is 0 Å². The molecule has 4 heterocycles. The van der Waals surface area contributed by atoms with Crippen molar-refractivity contribution in [1.29, 1.82) is 0 Å².